The Hall–Kier alpha value is -0.880. The second-order valence-corrected chi connectivity index (χ2v) is 5.52. The molecular weight excluding hydrogens is 350 g/mol. The fourth-order valence-electron chi connectivity index (χ4n) is 2.03. The van der Waals surface area contributed by atoms with E-state index < -0.39 is 0 Å². The maximum absolute atomic E-state index is 5.94. The number of aromatic nitrogens is 2. The summed E-state index contributed by atoms with van der Waals surface area (Å²) < 4.78 is 6.98. The SMILES string of the molecule is Nc1nc(-c2cc(Br)c(Br)o2)nc2c1CCC2. The molecule has 0 spiro atoms. The molecule has 4 nitrogen and oxygen atoms in total. The number of aryl methyl sites for hydroxylation is 1. The van der Waals surface area contributed by atoms with Gasteiger partial charge in [-0.25, -0.2) is 9.97 Å². The zero-order valence-corrected chi connectivity index (χ0v) is 12.0. The number of nitrogens with two attached hydrogens (primary N) is 1. The smallest absolute Gasteiger partial charge is 0.197 e. The Morgan fingerprint density at radius 2 is 2.06 bits per heavy atom. The van der Waals surface area contributed by atoms with Crippen LogP contribution in [0.1, 0.15) is 17.7 Å². The minimum atomic E-state index is 0.551. The standard InChI is InChI=1S/C11H9Br2N3O/c12-6-4-8(17-9(6)13)11-15-7-3-1-2-5(7)10(14)16-11/h4H,1-3H2,(H2,14,15,16). The molecule has 0 unspecified atom stereocenters. The predicted molar refractivity (Wildman–Crippen MR) is 71.6 cm³/mol. The summed E-state index contributed by atoms with van der Waals surface area (Å²) in [6.45, 7) is 0. The van der Waals surface area contributed by atoms with Crippen LogP contribution in [0.5, 0.6) is 0 Å². The molecule has 2 heterocycles. The van der Waals surface area contributed by atoms with Crippen molar-refractivity contribution in [3.8, 4) is 11.6 Å². The molecule has 0 radical (unpaired) electrons. The van der Waals surface area contributed by atoms with Crippen molar-refractivity contribution < 1.29 is 4.42 Å². The molecule has 0 atom stereocenters. The van der Waals surface area contributed by atoms with Gasteiger partial charge in [0.2, 0.25) is 0 Å². The normalized spacial score (nSPS) is 14.0. The molecule has 1 aliphatic rings. The number of anilines is 1. The zero-order chi connectivity index (χ0) is 12.0. The second-order valence-electron chi connectivity index (χ2n) is 3.94. The Morgan fingerprint density at radius 1 is 1.24 bits per heavy atom. The number of fused-ring (bicyclic) bond motifs is 1. The van der Waals surface area contributed by atoms with E-state index in [9.17, 15) is 0 Å². The molecule has 0 saturated carbocycles. The number of rotatable bonds is 1. The summed E-state index contributed by atoms with van der Waals surface area (Å²) in [6.07, 6.45) is 3.05. The Kier molecular flexibility index (Phi) is 2.71. The van der Waals surface area contributed by atoms with Crippen molar-refractivity contribution >= 4 is 37.7 Å². The largest absolute Gasteiger partial charge is 0.445 e. The first-order valence-corrected chi connectivity index (χ1v) is 6.84. The molecule has 6 heteroatoms. The minimum absolute atomic E-state index is 0.551. The van der Waals surface area contributed by atoms with E-state index in [2.05, 4.69) is 41.8 Å². The Labute approximate surface area is 115 Å². The molecule has 1 aliphatic carbocycles. The van der Waals surface area contributed by atoms with Gasteiger partial charge in [0.25, 0.3) is 0 Å². The van der Waals surface area contributed by atoms with Crippen LogP contribution in [-0.2, 0) is 12.8 Å². The third-order valence-corrected chi connectivity index (χ3v) is 4.54. The van der Waals surface area contributed by atoms with Gasteiger partial charge in [0, 0.05) is 17.3 Å². The molecule has 2 N–H and O–H groups in total. The van der Waals surface area contributed by atoms with Crippen molar-refractivity contribution in [2.24, 2.45) is 0 Å². The highest BCUT2D eigenvalue weighted by Crippen LogP contribution is 2.33. The maximum Gasteiger partial charge on any atom is 0.197 e. The number of halogens is 2. The third-order valence-electron chi connectivity index (χ3n) is 2.83. The van der Waals surface area contributed by atoms with Gasteiger partial charge in [0.05, 0.1) is 4.47 Å². The maximum atomic E-state index is 5.94. The fraction of sp³-hybridized carbons (Fsp3) is 0.273. The van der Waals surface area contributed by atoms with Crippen LogP contribution in [0.2, 0.25) is 0 Å². The van der Waals surface area contributed by atoms with E-state index in [0.717, 1.165) is 35.0 Å². The molecule has 2 aromatic heterocycles. The highest BCUT2D eigenvalue weighted by Gasteiger charge is 2.20. The molecular formula is C11H9Br2N3O. The van der Waals surface area contributed by atoms with Crippen LogP contribution in [0.4, 0.5) is 5.82 Å². The topological polar surface area (TPSA) is 64.9 Å². The van der Waals surface area contributed by atoms with Gasteiger partial charge in [-0.05, 0) is 51.1 Å². The van der Waals surface area contributed by atoms with E-state index in [-0.39, 0.29) is 0 Å². The van der Waals surface area contributed by atoms with Gasteiger partial charge in [0.15, 0.2) is 16.3 Å². The van der Waals surface area contributed by atoms with Gasteiger partial charge in [-0.15, -0.1) is 0 Å². The molecule has 2 aromatic rings. The number of nitrogen functional groups attached to an aromatic ring is 1. The van der Waals surface area contributed by atoms with Crippen molar-refractivity contribution in [2.75, 3.05) is 5.73 Å². The molecule has 0 fully saturated rings. The number of hydrogen-bond donors (Lipinski definition) is 1. The number of nitrogens with zero attached hydrogens (tertiary/aromatic N) is 2. The zero-order valence-electron chi connectivity index (χ0n) is 8.83. The van der Waals surface area contributed by atoms with E-state index >= 15 is 0 Å². The Balaban J connectivity index is 2.13. The number of hydrogen-bond acceptors (Lipinski definition) is 4. The average molecular weight is 359 g/mol. The summed E-state index contributed by atoms with van der Waals surface area (Å²) in [5, 5.41) is 0. The van der Waals surface area contributed by atoms with Crippen molar-refractivity contribution in [1.29, 1.82) is 0 Å². The van der Waals surface area contributed by atoms with E-state index in [4.69, 9.17) is 10.2 Å². The summed E-state index contributed by atoms with van der Waals surface area (Å²) in [6, 6.07) is 1.83. The van der Waals surface area contributed by atoms with Gasteiger partial charge in [-0.2, -0.15) is 0 Å². The average Bonchev–Trinajstić information content (AvgIpc) is 2.87. The summed E-state index contributed by atoms with van der Waals surface area (Å²) in [4.78, 5) is 8.81. The molecule has 0 amide bonds. The third kappa shape index (κ3) is 1.89. The van der Waals surface area contributed by atoms with Gasteiger partial charge < -0.3 is 10.2 Å². The fourth-order valence-corrected chi connectivity index (χ4v) is 2.61. The number of furan rings is 1. The molecule has 0 bridgehead atoms. The molecule has 0 saturated heterocycles. The van der Waals surface area contributed by atoms with Crippen LogP contribution in [0.25, 0.3) is 11.6 Å². The Morgan fingerprint density at radius 3 is 2.76 bits per heavy atom. The van der Waals surface area contributed by atoms with Crippen LogP contribution in [0.3, 0.4) is 0 Å². The van der Waals surface area contributed by atoms with Crippen LogP contribution in [0.15, 0.2) is 19.6 Å². The van der Waals surface area contributed by atoms with Gasteiger partial charge in [-0.1, -0.05) is 0 Å². The predicted octanol–water partition coefficient (Wildman–Crippen LogP) is 3.33. The highest BCUT2D eigenvalue weighted by molar-refractivity contribution is 9.13. The lowest BCUT2D eigenvalue weighted by atomic mass is 10.2. The second kappa shape index (κ2) is 4.10. The molecule has 0 aromatic carbocycles. The van der Waals surface area contributed by atoms with Crippen molar-refractivity contribution in [1.82, 2.24) is 9.97 Å². The Bertz CT molecular complexity index is 575. The van der Waals surface area contributed by atoms with Crippen LogP contribution >= 0.6 is 31.9 Å². The van der Waals surface area contributed by atoms with E-state index in [1.165, 1.54) is 0 Å². The lowest BCUT2D eigenvalue weighted by Crippen LogP contribution is -2.02. The first-order chi connectivity index (χ1) is 8.15. The summed E-state index contributed by atoms with van der Waals surface area (Å²) >= 11 is 6.66. The molecule has 3 rings (SSSR count). The van der Waals surface area contributed by atoms with Crippen LogP contribution in [-0.4, -0.2) is 9.97 Å². The first kappa shape index (κ1) is 11.2. The summed E-state index contributed by atoms with van der Waals surface area (Å²) in [5.74, 6) is 1.74. The highest BCUT2D eigenvalue weighted by atomic mass is 79.9. The van der Waals surface area contributed by atoms with E-state index in [1.807, 2.05) is 6.07 Å². The van der Waals surface area contributed by atoms with Crippen molar-refractivity contribution in [2.45, 2.75) is 19.3 Å². The van der Waals surface area contributed by atoms with Gasteiger partial charge in [-0.3, -0.25) is 0 Å². The first-order valence-electron chi connectivity index (χ1n) is 5.25. The quantitative estimate of drug-likeness (QED) is 0.849. The van der Waals surface area contributed by atoms with Crippen LogP contribution < -0.4 is 5.73 Å². The summed E-state index contributed by atoms with van der Waals surface area (Å²) in [5.41, 5.74) is 8.09. The van der Waals surface area contributed by atoms with Crippen LogP contribution in [0, 0.1) is 0 Å². The summed E-state index contributed by atoms with van der Waals surface area (Å²) in [7, 11) is 0. The van der Waals surface area contributed by atoms with Gasteiger partial charge in [0.1, 0.15) is 5.82 Å². The lowest BCUT2D eigenvalue weighted by molar-refractivity contribution is 0.549. The molecule has 17 heavy (non-hydrogen) atoms. The minimum Gasteiger partial charge on any atom is -0.445 e. The lowest BCUT2D eigenvalue weighted by Gasteiger charge is -2.04. The molecule has 88 valence electrons. The monoisotopic (exact) mass is 357 g/mol. The van der Waals surface area contributed by atoms with E-state index in [1.54, 1.807) is 0 Å². The van der Waals surface area contributed by atoms with Crippen molar-refractivity contribution in [3.05, 3.63) is 26.5 Å². The van der Waals surface area contributed by atoms with Crippen molar-refractivity contribution in [3.63, 3.8) is 0 Å². The molecule has 0 aliphatic heterocycles. The van der Waals surface area contributed by atoms with Gasteiger partial charge >= 0.3 is 0 Å². The van der Waals surface area contributed by atoms with E-state index in [0.29, 0.717) is 22.1 Å².